The van der Waals surface area contributed by atoms with Crippen LogP contribution >= 0.6 is 22.9 Å². The van der Waals surface area contributed by atoms with E-state index in [0.717, 1.165) is 42.2 Å². The van der Waals surface area contributed by atoms with Crippen molar-refractivity contribution in [3.63, 3.8) is 0 Å². The fourth-order valence-electron chi connectivity index (χ4n) is 5.34. The van der Waals surface area contributed by atoms with Gasteiger partial charge in [0.05, 0.1) is 22.7 Å². The molecular weight excluding hydrogens is 596 g/mol. The Bertz CT molecular complexity index is 1850. The van der Waals surface area contributed by atoms with Gasteiger partial charge in [0.25, 0.3) is 5.78 Å². The van der Waals surface area contributed by atoms with Crippen LogP contribution in [0.25, 0.3) is 5.76 Å². The van der Waals surface area contributed by atoms with Crippen molar-refractivity contribution in [2.45, 2.75) is 28.0 Å². The molecule has 2 aliphatic heterocycles. The Morgan fingerprint density at radius 2 is 1.74 bits per heavy atom. The van der Waals surface area contributed by atoms with E-state index in [4.69, 9.17) is 17.3 Å². The summed E-state index contributed by atoms with van der Waals surface area (Å²) in [6.45, 7) is 1.52. The number of carbonyl (C=O) groups is 2. The lowest BCUT2D eigenvalue weighted by Crippen LogP contribution is -2.29. The van der Waals surface area contributed by atoms with Crippen molar-refractivity contribution >= 4 is 66.7 Å². The lowest BCUT2D eigenvalue weighted by Gasteiger charge is -2.25. The molecule has 3 heterocycles. The van der Waals surface area contributed by atoms with Gasteiger partial charge in [-0.05, 0) is 60.9 Å². The second-order valence-electron chi connectivity index (χ2n) is 9.97. The molecule has 0 saturated carbocycles. The standard InChI is InChI=1S/C30H25ClN4O5S2/c31-19-8-6-7-18(15-19)26-25(27(36)22-12-11-20(32)16-23(22)34-13-4-5-14-34)28(37)29(38)35(26)30-33-17-24(41-30)42(39,40)21-9-2-1-3-10-21/h1-3,6-12,15-17,26,36H,4-5,13-14,32H2. The van der Waals surface area contributed by atoms with E-state index < -0.39 is 27.6 Å². The Hall–Kier alpha value is -4.19. The van der Waals surface area contributed by atoms with Gasteiger partial charge in [0, 0.05) is 35.1 Å². The number of sulfone groups is 1. The number of halogens is 1. The van der Waals surface area contributed by atoms with E-state index >= 15 is 0 Å². The summed E-state index contributed by atoms with van der Waals surface area (Å²) in [4.78, 5) is 34.8. The molecule has 2 saturated heterocycles. The van der Waals surface area contributed by atoms with Gasteiger partial charge in [-0.25, -0.2) is 13.4 Å². The quantitative estimate of drug-likeness (QED) is 0.126. The first kappa shape index (κ1) is 28.0. The molecule has 2 aliphatic rings. The average Bonchev–Trinajstić information content (AvgIpc) is 3.74. The number of nitrogens with two attached hydrogens (primary N) is 1. The number of rotatable bonds is 6. The topological polar surface area (TPSA) is 134 Å². The molecule has 1 amide bonds. The highest BCUT2D eigenvalue weighted by molar-refractivity contribution is 7.93. The van der Waals surface area contributed by atoms with Gasteiger partial charge >= 0.3 is 5.91 Å². The van der Waals surface area contributed by atoms with E-state index in [9.17, 15) is 23.1 Å². The number of anilines is 3. The Morgan fingerprint density at radius 1 is 1.00 bits per heavy atom. The van der Waals surface area contributed by atoms with Gasteiger partial charge in [0.1, 0.15) is 9.97 Å². The minimum Gasteiger partial charge on any atom is -0.507 e. The molecule has 6 rings (SSSR count). The maximum atomic E-state index is 13.7. The van der Waals surface area contributed by atoms with Crippen molar-refractivity contribution in [3.8, 4) is 0 Å². The zero-order chi connectivity index (χ0) is 29.6. The molecule has 214 valence electrons. The normalized spacial score (nSPS) is 18.6. The Kier molecular flexibility index (Phi) is 7.25. The van der Waals surface area contributed by atoms with Crippen molar-refractivity contribution in [3.05, 3.63) is 101 Å². The molecule has 12 heteroatoms. The number of nitrogen functional groups attached to an aromatic ring is 1. The van der Waals surface area contributed by atoms with Gasteiger partial charge in [0.15, 0.2) is 5.13 Å². The number of amides is 1. The molecule has 1 aromatic heterocycles. The number of nitrogens with zero attached hydrogens (tertiary/aromatic N) is 3. The van der Waals surface area contributed by atoms with Crippen LogP contribution in [0.2, 0.25) is 5.02 Å². The van der Waals surface area contributed by atoms with Crippen molar-refractivity contribution in [2.24, 2.45) is 0 Å². The van der Waals surface area contributed by atoms with Gasteiger partial charge in [-0.2, -0.15) is 0 Å². The third-order valence-corrected chi connectivity index (χ3v) is 10.8. The first-order chi connectivity index (χ1) is 20.2. The largest absolute Gasteiger partial charge is 0.507 e. The first-order valence-corrected chi connectivity index (χ1v) is 15.8. The SMILES string of the molecule is Nc1ccc(C(O)=C2C(=O)C(=O)N(c3ncc(S(=O)(=O)c4ccccc4)s3)C2c2cccc(Cl)c2)c(N2CCCC2)c1. The summed E-state index contributed by atoms with van der Waals surface area (Å²) >= 11 is 7.08. The summed E-state index contributed by atoms with van der Waals surface area (Å²) in [6, 6.07) is 18.3. The highest BCUT2D eigenvalue weighted by Gasteiger charge is 2.48. The fourth-order valence-corrected chi connectivity index (χ4v) is 8.10. The van der Waals surface area contributed by atoms with Crippen LogP contribution in [0.3, 0.4) is 0 Å². The lowest BCUT2D eigenvalue weighted by molar-refractivity contribution is -0.132. The van der Waals surface area contributed by atoms with E-state index in [1.165, 1.54) is 18.3 Å². The third-order valence-electron chi connectivity index (χ3n) is 7.33. The van der Waals surface area contributed by atoms with Crippen LogP contribution < -0.4 is 15.5 Å². The molecule has 2 fully saturated rings. The molecular formula is C30H25ClN4O5S2. The second kappa shape index (κ2) is 10.9. The maximum Gasteiger partial charge on any atom is 0.301 e. The van der Waals surface area contributed by atoms with Gasteiger partial charge < -0.3 is 15.7 Å². The molecule has 3 N–H and O–H groups in total. The predicted octanol–water partition coefficient (Wildman–Crippen LogP) is 5.44. The number of aliphatic hydroxyl groups is 1. The molecule has 0 aliphatic carbocycles. The number of carbonyl (C=O) groups excluding carboxylic acids is 2. The smallest absolute Gasteiger partial charge is 0.301 e. The molecule has 3 aromatic carbocycles. The zero-order valence-corrected chi connectivity index (χ0v) is 24.5. The molecule has 0 spiro atoms. The van der Waals surface area contributed by atoms with Gasteiger partial charge in [0.2, 0.25) is 9.84 Å². The van der Waals surface area contributed by atoms with Crippen LogP contribution in [0.4, 0.5) is 16.5 Å². The molecule has 0 bridgehead atoms. The van der Waals surface area contributed by atoms with Crippen molar-refractivity contribution in [2.75, 3.05) is 28.6 Å². The van der Waals surface area contributed by atoms with Gasteiger partial charge in [-0.1, -0.05) is 53.3 Å². The Balaban J connectivity index is 1.52. The molecule has 9 nitrogen and oxygen atoms in total. The van der Waals surface area contributed by atoms with E-state index in [-0.39, 0.29) is 25.6 Å². The van der Waals surface area contributed by atoms with Crippen LogP contribution in [0, 0.1) is 0 Å². The molecule has 1 atom stereocenters. The monoisotopic (exact) mass is 620 g/mol. The maximum absolute atomic E-state index is 13.7. The van der Waals surface area contributed by atoms with Gasteiger partial charge in [-0.15, -0.1) is 0 Å². The number of Topliss-reactive ketones (excluding diaryl/α,β-unsaturated/α-hetero) is 1. The number of hydrogen-bond acceptors (Lipinski definition) is 9. The van der Waals surface area contributed by atoms with Crippen LogP contribution in [-0.2, 0) is 19.4 Å². The number of ketones is 1. The minimum absolute atomic E-state index is 0.00676. The zero-order valence-electron chi connectivity index (χ0n) is 22.1. The summed E-state index contributed by atoms with van der Waals surface area (Å²) in [5, 5.41) is 12.1. The van der Waals surface area contributed by atoms with E-state index in [1.807, 2.05) is 0 Å². The molecule has 0 radical (unpaired) electrons. The highest BCUT2D eigenvalue weighted by atomic mass is 35.5. The second-order valence-corrected chi connectivity index (χ2v) is 13.6. The molecule has 4 aromatic rings. The fraction of sp³-hybridized carbons (Fsp3) is 0.167. The minimum atomic E-state index is -3.93. The number of aromatic nitrogens is 1. The van der Waals surface area contributed by atoms with Crippen LogP contribution in [-0.4, -0.2) is 43.3 Å². The van der Waals surface area contributed by atoms with Gasteiger partial charge in [-0.3, -0.25) is 14.5 Å². The Labute approximate surface area is 251 Å². The number of thiazole rings is 1. The lowest BCUT2D eigenvalue weighted by atomic mass is 9.94. The first-order valence-electron chi connectivity index (χ1n) is 13.1. The van der Waals surface area contributed by atoms with Crippen molar-refractivity contribution < 1.29 is 23.1 Å². The number of aliphatic hydroxyl groups excluding tert-OH is 1. The summed E-state index contributed by atoms with van der Waals surface area (Å²) < 4.78 is 26.4. The Morgan fingerprint density at radius 3 is 2.45 bits per heavy atom. The van der Waals surface area contributed by atoms with Crippen molar-refractivity contribution in [1.82, 2.24) is 4.98 Å². The average molecular weight is 621 g/mol. The van der Waals surface area contributed by atoms with E-state index in [1.54, 1.807) is 60.7 Å². The van der Waals surface area contributed by atoms with Crippen LogP contribution in [0.5, 0.6) is 0 Å². The highest BCUT2D eigenvalue weighted by Crippen LogP contribution is 2.46. The number of benzene rings is 3. The van der Waals surface area contributed by atoms with Crippen molar-refractivity contribution in [1.29, 1.82) is 0 Å². The third kappa shape index (κ3) is 4.83. The predicted molar refractivity (Wildman–Crippen MR) is 163 cm³/mol. The van der Waals surface area contributed by atoms with Crippen LogP contribution in [0.15, 0.2) is 93.7 Å². The molecule has 42 heavy (non-hydrogen) atoms. The summed E-state index contributed by atoms with van der Waals surface area (Å²) in [7, 11) is -3.93. The van der Waals surface area contributed by atoms with E-state index in [2.05, 4.69) is 9.88 Å². The van der Waals surface area contributed by atoms with E-state index in [0.29, 0.717) is 27.5 Å². The van der Waals surface area contributed by atoms with Crippen LogP contribution in [0.1, 0.15) is 30.0 Å². The summed E-state index contributed by atoms with van der Waals surface area (Å²) in [5.41, 5.74) is 7.90. The molecule has 1 unspecified atom stereocenters. The summed E-state index contributed by atoms with van der Waals surface area (Å²) in [5.74, 6) is -2.24. The number of hydrogen-bond donors (Lipinski definition) is 2. The summed E-state index contributed by atoms with van der Waals surface area (Å²) in [6.07, 6.45) is 3.11.